The van der Waals surface area contributed by atoms with Crippen molar-refractivity contribution in [3.05, 3.63) is 47.8 Å². The summed E-state index contributed by atoms with van der Waals surface area (Å²) < 4.78 is 14.0. The highest BCUT2D eigenvalue weighted by Crippen LogP contribution is 2.39. The number of rotatable bonds is 21. The van der Waals surface area contributed by atoms with Gasteiger partial charge in [-0.15, -0.1) is 5.10 Å². The number of urea groups is 1. The summed E-state index contributed by atoms with van der Waals surface area (Å²) in [6.45, 7) is 3.61. The molecule has 2 atom stereocenters. The average Bonchev–Trinajstić information content (AvgIpc) is 3.55. The minimum Gasteiger partial charge on any atom is -0.481 e. The Bertz CT molecular complexity index is 1520. The quantitative estimate of drug-likeness (QED) is 0.110. The number of unbranched alkanes of at least 4 members (excludes halogenated alkanes) is 1. The lowest BCUT2D eigenvalue weighted by atomic mass is 9.77. The Labute approximate surface area is 282 Å². The lowest BCUT2D eigenvalue weighted by molar-refractivity contribution is -0.170. The normalized spacial score (nSPS) is 15.9. The van der Waals surface area contributed by atoms with Crippen molar-refractivity contribution in [1.82, 2.24) is 30.1 Å². The highest BCUT2D eigenvalue weighted by atomic mass is 19.1. The third kappa shape index (κ3) is 9.34. The molecule has 0 aliphatic carbocycles. The molecular weight excluding hydrogens is 643 g/mol. The summed E-state index contributed by atoms with van der Waals surface area (Å²) in [6.07, 6.45) is 5.63. The van der Waals surface area contributed by atoms with Crippen LogP contribution >= 0.6 is 0 Å². The van der Waals surface area contributed by atoms with Crippen LogP contribution in [0.1, 0.15) is 76.5 Å². The third-order valence-electron chi connectivity index (χ3n) is 8.62. The first-order valence-corrected chi connectivity index (χ1v) is 16.2. The Morgan fingerprint density at radius 1 is 0.918 bits per heavy atom. The molecule has 4 N–H and O–H groups in total. The van der Waals surface area contributed by atoms with Crippen molar-refractivity contribution < 1.29 is 48.5 Å². The van der Waals surface area contributed by atoms with E-state index in [1.807, 2.05) is 36.4 Å². The molecule has 15 nitrogen and oxygen atoms in total. The van der Waals surface area contributed by atoms with Gasteiger partial charge in [0.1, 0.15) is 17.5 Å². The fourth-order valence-electron chi connectivity index (χ4n) is 5.73. The molecule has 1 aliphatic heterocycles. The van der Waals surface area contributed by atoms with E-state index in [0.29, 0.717) is 42.2 Å². The molecule has 1 aromatic carbocycles. The van der Waals surface area contributed by atoms with E-state index in [1.54, 1.807) is 10.9 Å². The Balaban J connectivity index is 1.58. The summed E-state index contributed by atoms with van der Waals surface area (Å²) in [5, 5.41) is 40.3. The second kappa shape index (κ2) is 18.0. The summed E-state index contributed by atoms with van der Waals surface area (Å²) in [4.78, 5) is 77.2. The van der Waals surface area contributed by atoms with Crippen LogP contribution in [0.2, 0.25) is 0 Å². The van der Waals surface area contributed by atoms with Crippen molar-refractivity contribution >= 4 is 41.8 Å². The first kappa shape index (κ1) is 38.5. The van der Waals surface area contributed by atoms with Crippen LogP contribution in [0.3, 0.4) is 0 Å². The zero-order chi connectivity index (χ0) is 36.1. The van der Waals surface area contributed by atoms with Gasteiger partial charge in [0.05, 0.1) is 24.3 Å². The average molecular weight is 687 g/mol. The molecule has 16 heteroatoms. The fraction of sp³-hybridized carbons (Fsp3) is 0.515. The molecule has 1 saturated heterocycles. The maximum Gasteiger partial charge on any atom is 0.335 e. The van der Waals surface area contributed by atoms with Gasteiger partial charge in [-0.1, -0.05) is 43.3 Å². The van der Waals surface area contributed by atoms with E-state index in [0.717, 1.165) is 16.9 Å². The largest absolute Gasteiger partial charge is 0.481 e. The van der Waals surface area contributed by atoms with Gasteiger partial charge in [-0.3, -0.25) is 18.8 Å². The molecule has 0 bridgehead atoms. The van der Waals surface area contributed by atoms with Crippen molar-refractivity contribution in [2.75, 3.05) is 19.8 Å². The molecule has 3 rings (SSSR count). The number of barbiturate groups is 1. The minimum atomic E-state index is -1.89. The molecule has 0 spiro atoms. The molecule has 0 radical (unpaired) electrons. The van der Waals surface area contributed by atoms with Crippen LogP contribution in [0.4, 0.5) is 9.18 Å². The van der Waals surface area contributed by atoms with Crippen molar-refractivity contribution in [1.29, 1.82) is 0 Å². The number of amides is 4. The molecule has 1 aromatic heterocycles. The van der Waals surface area contributed by atoms with E-state index in [1.165, 1.54) is 13.8 Å². The molecule has 1 fully saturated rings. The number of imide groups is 2. The second-order valence-corrected chi connectivity index (χ2v) is 11.7. The van der Waals surface area contributed by atoms with Crippen LogP contribution in [0.25, 0.3) is 11.8 Å². The van der Waals surface area contributed by atoms with Crippen LogP contribution in [-0.2, 0) is 30.4 Å². The van der Waals surface area contributed by atoms with Gasteiger partial charge in [-0.05, 0) is 75.6 Å². The van der Waals surface area contributed by atoms with Crippen molar-refractivity contribution in [3.8, 4) is 5.69 Å². The van der Waals surface area contributed by atoms with Crippen molar-refractivity contribution in [3.63, 3.8) is 0 Å². The van der Waals surface area contributed by atoms with Crippen LogP contribution in [0.15, 0.2) is 36.5 Å². The summed E-state index contributed by atoms with van der Waals surface area (Å²) in [5.74, 6) is -6.56. The number of aromatic nitrogens is 3. The van der Waals surface area contributed by atoms with E-state index >= 15 is 0 Å². The van der Waals surface area contributed by atoms with E-state index in [-0.39, 0.29) is 25.7 Å². The van der Waals surface area contributed by atoms with Gasteiger partial charge in [0, 0.05) is 13.0 Å². The summed E-state index contributed by atoms with van der Waals surface area (Å²) >= 11 is 0. The molecule has 2 aromatic rings. The first-order valence-electron chi connectivity index (χ1n) is 16.2. The number of halogens is 1. The SMILES string of the molecule is CCC1(CC)C(=O)N(C(CCCCNCC=Cc2ccc(-n3cc(CCCF)nn3)cc2)C(=O)O)C(=O)N(C(CCC(=O)O)C(=O)O)C1=O. The highest BCUT2D eigenvalue weighted by molar-refractivity contribution is 6.21. The number of hydrogen-bond donors (Lipinski definition) is 4. The van der Waals surface area contributed by atoms with Crippen LogP contribution in [0.5, 0.6) is 0 Å². The summed E-state index contributed by atoms with van der Waals surface area (Å²) in [5.41, 5.74) is 0.607. The summed E-state index contributed by atoms with van der Waals surface area (Å²) in [6, 6.07) is 2.66. The lowest BCUT2D eigenvalue weighted by Crippen LogP contribution is -2.70. The Hall–Kier alpha value is -4.99. The topological polar surface area (TPSA) is 212 Å². The Morgan fingerprint density at radius 3 is 2.08 bits per heavy atom. The lowest BCUT2D eigenvalue weighted by Gasteiger charge is -2.46. The Morgan fingerprint density at radius 2 is 1.53 bits per heavy atom. The third-order valence-corrected chi connectivity index (χ3v) is 8.62. The second-order valence-electron chi connectivity index (χ2n) is 11.7. The van der Waals surface area contributed by atoms with E-state index < -0.39 is 72.8 Å². The standard InChI is InChI=1S/C33H43FN6O9/c1-3-33(4-2)30(47)39(32(49)40(31(33)48)26(29(45)46)16-17-27(41)42)25(28(43)44)11-5-6-19-35-20-8-9-22-12-14-24(15-13-22)38-21-23(36-37-38)10-7-18-34/h8-9,12-15,21,25-26,35H,3-7,10-11,16-20H2,1-2H3,(H,41,42)(H,43,44)(H,45,46). The molecule has 49 heavy (non-hydrogen) atoms. The number of hydrogen-bond acceptors (Lipinski definition) is 9. The molecule has 2 heterocycles. The van der Waals surface area contributed by atoms with Gasteiger partial charge >= 0.3 is 23.9 Å². The number of aliphatic carboxylic acids is 3. The smallest absolute Gasteiger partial charge is 0.335 e. The van der Waals surface area contributed by atoms with Crippen LogP contribution in [-0.4, -0.2) is 108 Å². The minimum absolute atomic E-state index is 0.119. The van der Waals surface area contributed by atoms with Gasteiger partial charge in [0.25, 0.3) is 0 Å². The van der Waals surface area contributed by atoms with Gasteiger partial charge < -0.3 is 20.6 Å². The zero-order valence-electron chi connectivity index (χ0n) is 27.6. The molecule has 1 aliphatic rings. The van der Waals surface area contributed by atoms with Crippen molar-refractivity contribution in [2.24, 2.45) is 5.41 Å². The number of aryl methyl sites for hydroxylation is 1. The van der Waals surface area contributed by atoms with E-state index in [2.05, 4.69) is 15.6 Å². The molecule has 4 amide bonds. The van der Waals surface area contributed by atoms with E-state index in [9.17, 15) is 43.4 Å². The zero-order valence-corrected chi connectivity index (χ0v) is 27.6. The van der Waals surface area contributed by atoms with Crippen LogP contribution < -0.4 is 5.32 Å². The number of benzene rings is 1. The molecule has 0 saturated carbocycles. The van der Waals surface area contributed by atoms with Crippen LogP contribution in [0, 0.1) is 5.41 Å². The predicted molar refractivity (Wildman–Crippen MR) is 173 cm³/mol. The number of carbonyl (C=O) groups excluding carboxylic acids is 3. The van der Waals surface area contributed by atoms with Gasteiger partial charge in [-0.25, -0.2) is 28.9 Å². The highest BCUT2D eigenvalue weighted by Gasteiger charge is 2.59. The van der Waals surface area contributed by atoms with Gasteiger partial charge in [0.15, 0.2) is 0 Å². The molecular formula is C33H43FN6O9. The van der Waals surface area contributed by atoms with Gasteiger partial charge in [0.2, 0.25) is 11.8 Å². The predicted octanol–water partition coefficient (Wildman–Crippen LogP) is 3.31. The number of carbonyl (C=O) groups is 6. The summed E-state index contributed by atoms with van der Waals surface area (Å²) in [7, 11) is 0. The first-order chi connectivity index (χ1) is 23.4. The molecule has 266 valence electrons. The van der Waals surface area contributed by atoms with Gasteiger partial charge in [-0.2, -0.15) is 0 Å². The number of alkyl halides is 1. The number of carboxylic acids is 3. The maximum absolute atomic E-state index is 13.6. The Kier molecular flexibility index (Phi) is 14.1. The maximum atomic E-state index is 13.6. The van der Waals surface area contributed by atoms with Crippen molar-refractivity contribution in [2.45, 2.75) is 83.7 Å². The molecule has 2 unspecified atom stereocenters. The van der Waals surface area contributed by atoms with E-state index in [4.69, 9.17) is 5.11 Å². The number of carboxylic acid groups (broad SMARTS) is 3. The fourth-order valence-corrected chi connectivity index (χ4v) is 5.73. The monoisotopic (exact) mass is 686 g/mol. The number of nitrogens with one attached hydrogen (secondary N) is 1. The number of nitrogens with zero attached hydrogens (tertiary/aromatic N) is 5.